The van der Waals surface area contributed by atoms with Crippen LogP contribution in [-0.4, -0.2) is 13.1 Å². The molecule has 3 rings (SSSR count). The van der Waals surface area contributed by atoms with Crippen molar-refractivity contribution in [1.29, 1.82) is 0 Å². The molecule has 0 aliphatic carbocycles. The van der Waals surface area contributed by atoms with E-state index in [0.29, 0.717) is 18.5 Å². The van der Waals surface area contributed by atoms with E-state index in [1.54, 1.807) is 0 Å². The predicted octanol–water partition coefficient (Wildman–Crippen LogP) is 2.97. The van der Waals surface area contributed by atoms with Gasteiger partial charge < -0.3 is 5.73 Å². The van der Waals surface area contributed by atoms with Crippen LogP contribution in [0.15, 0.2) is 72.1 Å². The highest BCUT2D eigenvalue weighted by molar-refractivity contribution is 6.61. The number of hydrogen-bond acceptors (Lipinski definition) is 2. The maximum absolute atomic E-state index is 12.3. The van der Waals surface area contributed by atoms with Crippen molar-refractivity contribution in [3.05, 3.63) is 77.7 Å². The molecule has 2 nitrogen and oxygen atoms in total. The topological polar surface area (TPSA) is 43.1 Å². The molecule has 0 radical (unpaired) electrons. The van der Waals surface area contributed by atoms with E-state index < -0.39 is 0 Å². The fourth-order valence-corrected chi connectivity index (χ4v) is 2.37. The molecule has 2 N–H and O–H groups in total. The predicted molar refractivity (Wildman–Crippen MR) is 85.0 cm³/mol. The standard InChI is InChI=1S/C17H14BNO/c19-16-11-13(12-5-2-1-3-6-12)8-9-14(16)17(20)15-7-4-10-18-15/h1-11,18H,19H2. The second-order valence-corrected chi connectivity index (χ2v) is 4.82. The second-order valence-electron chi connectivity index (χ2n) is 4.82. The SMILES string of the molecule is Nc1cc(-c2ccccc2)ccc1C(=O)C1=CC=CB1. The maximum atomic E-state index is 12.3. The minimum atomic E-state index is 0.0205. The largest absolute Gasteiger partial charge is 0.398 e. The third kappa shape index (κ3) is 2.30. The van der Waals surface area contributed by atoms with Crippen LogP contribution in [0.25, 0.3) is 11.1 Å². The molecule has 0 spiro atoms. The van der Waals surface area contributed by atoms with Crippen LogP contribution in [0.5, 0.6) is 0 Å². The van der Waals surface area contributed by atoms with Crippen molar-refractivity contribution in [2.24, 2.45) is 0 Å². The lowest BCUT2D eigenvalue weighted by molar-refractivity contribution is 0.104. The number of allylic oxidation sites excluding steroid dienone is 3. The summed E-state index contributed by atoms with van der Waals surface area (Å²) in [5.41, 5.74) is 10.1. The summed E-state index contributed by atoms with van der Waals surface area (Å²) >= 11 is 0. The lowest BCUT2D eigenvalue weighted by atomic mass is 9.70. The minimum absolute atomic E-state index is 0.0205. The van der Waals surface area contributed by atoms with Gasteiger partial charge in [0.25, 0.3) is 0 Å². The van der Waals surface area contributed by atoms with E-state index in [2.05, 4.69) is 0 Å². The molecule has 2 aromatic rings. The van der Waals surface area contributed by atoms with E-state index in [-0.39, 0.29) is 5.78 Å². The molecule has 1 heterocycles. The van der Waals surface area contributed by atoms with Crippen LogP contribution in [0.1, 0.15) is 10.4 Å². The van der Waals surface area contributed by atoms with Gasteiger partial charge in [0.15, 0.2) is 13.1 Å². The van der Waals surface area contributed by atoms with Gasteiger partial charge in [0, 0.05) is 11.3 Å². The van der Waals surface area contributed by atoms with E-state index in [9.17, 15) is 4.79 Å². The van der Waals surface area contributed by atoms with Crippen LogP contribution in [0.2, 0.25) is 0 Å². The summed E-state index contributed by atoms with van der Waals surface area (Å²) in [7, 11) is 0.693. The third-order valence-electron chi connectivity index (χ3n) is 3.47. The number of nitrogen functional groups attached to an aromatic ring is 1. The first-order valence-corrected chi connectivity index (χ1v) is 6.61. The van der Waals surface area contributed by atoms with Gasteiger partial charge in [0.2, 0.25) is 0 Å². The van der Waals surface area contributed by atoms with Gasteiger partial charge in [-0.1, -0.05) is 48.6 Å². The Labute approximate surface area is 118 Å². The quantitative estimate of drug-likeness (QED) is 0.523. The van der Waals surface area contributed by atoms with Crippen molar-refractivity contribution in [2.75, 3.05) is 5.73 Å². The Morgan fingerprint density at radius 2 is 1.80 bits per heavy atom. The Kier molecular flexibility index (Phi) is 3.26. The maximum Gasteiger partial charge on any atom is 0.188 e. The van der Waals surface area contributed by atoms with Gasteiger partial charge in [-0.3, -0.25) is 4.79 Å². The zero-order chi connectivity index (χ0) is 13.9. The van der Waals surface area contributed by atoms with Crippen molar-refractivity contribution in [1.82, 2.24) is 0 Å². The highest BCUT2D eigenvalue weighted by atomic mass is 16.1. The fourth-order valence-electron chi connectivity index (χ4n) is 2.37. The molecule has 3 heteroatoms. The van der Waals surface area contributed by atoms with Crippen LogP contribution >= 0.6 is 0 Å². The lowest BCUT2D eigenvalue weighted by Crippen LogP contribution is -2.09. The van der Waals surface area contributed by atoms with Gasteiger partial charge in [-0.05, 0) is 28.7 Å². The average Bonchev–Trinajstić information content (AvgIpc) is 3.01. The molecule has 0 aromatic heterocycles. The number of benzene rings is 2. The van der Waals surface area contributed by atoms with Gasteiger partial charge in [-0.15, -0.1) is 5.98 Å². The first-order chi connectivity index (χ1) is 9.75. The van der Waals surface area contributed by atoms with Crippen molar-refractivity contribution in [3.63, 3.8) is 0 Å². The number of hydrogen-bond donors (Lipinski definition) is 1. The van der Waals surface area contributed by atoms with Crippen LogP contribution in [0, 0.1) is 0 Å². The number of carbonyl (C=O) groups is 1. The van der Waals surface area contributed by atoms with Crippen molar-refractivity contribution in [3.8, 4) is 11.1 Å². The van der Waals surface area contributed by atoms with Crippen molar-refractivity contribution < 1.29 is 4.79 Å². The molecule has 96 valence electrons. The molecule has 20 heavy (non-hydrogen) atoms. The number of ketones is 1. The van der Waals surface area contributed by atoms with Gasteiger partial charge in [0.05, 0.1) is 0 Å². The molecular weight excluding hydrogens is 245 g/mol. The lowest BCUT2D eigenvalue weighted by Gasteiger charge is -2.08. The van der Waals surface area contributed by atoms with Gasteiger partial charge in [-0.2, -0.15) is 0 Å². The smallest absolute Gasteiger partial charge is 0.188 e. The Bertz CT molecular complexity index is 717. The molecule has 1 aliphatic rings. The summed E-state index contributed by atoms with van der Waals surface area (Å²) in [6.07, 6.45) is 3.76. The number of Topliss-reactive ketones (excluding diaryl/α,β-unsaturated/α-hetero) is 1. The number of rotatable bonds is 3. The van der Waals surface area contributed by atoms with Crippen molar-refractivity contribution >= 4 is 18.8 Å². The average molecular weight is 259 g/mol. The van der Waals surface area contributed by atoms with Crippen LogP contribution in [0.4, 0.5) is 5.69 Å². The number of carbonyl (C=O) groups excluding carboxylic acids is 1. The molecule has 0 saturated carbocycles. The van der Waals surface area contributed by atoms with Crippen molar-refractivity contribution in [2.45, 2.75) is 0 Å². The van der Waals surface area contributed by atoms with E-state index in [4.69, 9.17) is 5.73 Å². The van der Waals surface area contributed by atoms with E-state index >= 15 is 0 Å². The van der Waals surface area contributed by atoms with Crippen LogP contribution in [-0.2, 0) is 0 Å². The normalized spacial score (nSPS) is 12.9. The number of nitrogens with two attached hydrogens (primary N) is 1. The van der Waals surface area contributed by atoms with Gasteiger partial charge in [0.1, 0.15) is 0 Å². The second kappa shape index (κ2) is 5.21. The molecule has 0 atom stereocenters. The molecule has 2 aromatic carbocycles. The third-order valence-corrected chi connectivity index (χ3v) is 3.47. The Hall–Kier alpha value is -2.55. The molecule has 0 bridgehead atoms. The molecule has 0 amide bonds. The summed E-state index contributed by atoms with van der Waals surface area (Å²) in [6, 6.07) is 15.6. The monoisotopic (exact) mass is 259 g/mol. The Balaban J connectivity index is 1.94. The summed E-state index contributed by atoms with van der Waals surface area (Å²) in [5, 5.41) is 0. The highest BCUT2D eigenvalue weighted by Gasteiger charge is 2.16. The molecule has 0 saturated heterocycles. The molecular formula is C17H14BNO. The first kappa shape index (κ1) is 12.5. The molecule has 1 aliphatic heterocycles. The van der Waals surface area contributed by atoms with E-state index in [1.807, 2.05) is 66.7 Å². The summed E-state index contributed by atoms with van der Waals surface area (Å²) in [6.45, 7) is 0. The van der Waals surface area contributed by atoms with Gasteiger partial charge in [-0.25, -0.2) is 0 Å². The zero-order valence-corrected chi connectivity index (χ0v) is 11.0. The van der Waals surface area contributed by atoms with Gasteiger partial charge >= 0.3 is 0 Å². The Morgan fingerprint density at radius 1 is 1.00 bits per heavy atom. The molecule has 0 fully saturated rings. The summed E-state index contributed by atoms with van der Waals surface area (Å²) in [5.74, 6) is 1.99. The minimum Gasteiger partial charge on any atom is -0.398 e. The van der Waals surface area contributed by atoms with E-state index in [0.717, 1.165) is 16.6 Å². The summed E-state index contributed by atoms with van der Waals surface area (Å²) < 4.78 is 0. The number of anilines is 1. The van der Waals surface area contributed by atoms with E-state index in [1.165, 1.54) is 0 Å². The fraction of sp³-hybridized carbons (Fsp3) is 0. The van der Waals surface area contributed by atoms with Crippen LogP contribution < -0.4 is 5.73 Å². The first-order valence-electron chi connectivity index (χ1n) is 6.61. The summed E-state index contributed by atoms with van der Waals surface area (Å²) in [4.78, 5) is 12.3. The molecule has 0 unspecified atom stereocenters. The Morgan fingerprint density at radius 3 is 2.45 bits per heavy atom. The zero-order valence-electron chi connectivity index (χ0n) is 11.0. The van der Waals surface area contributed by atoms with Crippen LogP contribution in [0.3, 0.4) is 0 Å². The highest BCUT2D eigenvalue weighted by Crippen LogP contribution is 2.25.